The summed E-state index contributed by atoms with van der Waals surface area (Å²) in [5.74, 6) is 0.716. The van der Waals surface area contributed by atoms with Crippen molar-refractivity contribution in [2.24, 2.45) is 5.92 Å². The van der Waals surface area contributed by atoms with Crippen LogP contribution in [0.1, 0.15) is 37.0 Å². The van der Waals surface area contributed by atoms with Gasteiger partial charge in [-0.05, 0) is 67.6 Å². The fourth-order valence-electron chi connectivity index (χ4n) is 2.84. The fraction of sp³-hybridized carbons (Fsp3) is 0.368. The SMILES string of the molecule is CC(NCC1CC1)(c1ccc(Cl)cc1)[C@@H](O)c1cccc(Cl)c1. The van der Waals surface area contributed by atoms with Gasteiger partial charge >= 0.3 is 0 Å². The third-order valence-corrected chi connectivity index (χ3v) is 5.10. The van der Waals surface area contributed by atoms with Gasteiger partial charge in [0.25, 0.3) is 0 Å². The van der Waals surface area contributed by atoms with Crippen LogP contribution in [0.4, 0.5) is 0 Å². The van der Waals surface area contributed by atoms with Crippen molar-refractivity contribution >= 4 is 23.2 Å². The summed E-state index contributed by atoms with van der Waals surface area (Å²) in [7, 11) is 0. The van der Waals surface area contributed by atoms with E-state index < -0.39 is 11.6 Å². The highest BCUT2D eigenvalue weighted by molar-refractivity contribution is 6.30. The molecule has 2 aromatic rings. The van der Waals surface area contributed by atoms with Crippen LogP contribution in [-0.2, 0) is 5.54 Å². The van der Waals surface area contributed by atoms with Gasteiger partial charge in [0.1, 0.15) is 6.10 Å². The molecule has 1 fully saturated rings. The third kappa shape index (κ3) is 3.89. The zero-order chi connectivity index (χ0) is 16.4. The number of rotatable bonds is 6. The lowest BCUT2D eigenvalue weighted by molar-refractivity contribution is 0.0666. The summed E-state index contributed by atoms with van der Waals surface area (Å²) in [5, 5.41) is 16.0. The quantitative estimate of drug-likeness (QED) is 0.773. The highest BCUT2D eigenvalue weighted by atomic mass is 35.5. The van der Waals surface area contributed by atoms with E-state index in [0.29, 0.717) is 16.0 Å². The van der Waals surface area contributed by atoms with Gasteiger partial charge in [-0.3, -0.25) is 0 Å². The summed E-state index contributed by atoms with van der Waals surface area (Å²) in [6.45, 7) is 2.93. The van der Waals surface area contributed by atoms with Crippen LogP contribution in [0.15, 0.2) is 48.5 Å². The Hall–Kier alpha value is -1.06. The van der Waals surface area contributed by atoms with Gasteiger partial charge in [-0.15, -0.1) is 0 Å². The molecule has 1 unspecified atom stereocenters. The van der Waals surface area contributed by atoms with E-state index in [4.69, 9.17) is 23.2 Å². The maximum Gasteiger partial charge on any atom is 0.101 e. The minimum absolute atomic E-state index is 0.599. The molecule has 2 atom stereocenters. The number of benzene rings is 2. The van der Waals surface area contributed by atoms with Crippen molar-refractivity contribution in [3.63, 3.8) is 0 Å². The molecule has 0 radical (unpaired) electrons. The summed E-state index contributed by atoms with van der Waals surface area (Å²) in [5.41, 5.74) is 1.21. The van der Waals surface area contributed by atoms with Crippen molar-refractivity contribution in [3.8, 4) is 0 Å². The zero-order valence-corrected chi connectivity index (χ0v) is 14.6. The molecule has 0 saturated heterocycles. The fourth-order valence-corrected chi connectivity index (χ4v) is 3.17. The lowest BCUT2D eigenvalue weighted by atomic mass is 9.82. The second-order valence-electron chi connectivity index (χ2n) is 6.49. The number of hydrogen-bond donors (Lipinski definition) is 2. The lowest BCUT2D eigenvalue weighted by Gasteiger charge is -2.37. The Kier molecular flexibility index (Phi) is 4.98. The Morgan fingerprint density at radius 3 is 2.43 bits per heavy atom. The van der Waals surface area contributed by atoms with Crippen molar-refractivity contribution in [2.75, 3.05) is 6.54 Å². The Balaban J connectivity index is 1.94. The van der Waals surface area contributed by atoms with Crippen LogP contribution in [0.2, 0.25) is 10.0 Å². The largest absolute Gasteiger partial charge is 0.386 e. The molecule has 2 aromatic carbocycles. The van der Waals surface area contributed by atoms with Gasteiger partial charge in [-0.2, -0.15) is 0 Å². The monoisotopic (exact) mass is 349 g/mol. The minimum atomic E-state index is -0.707. The van der Waals surface area contributed by atoms with E-state index in [9.17, 15) is 5.11 Å². The maximum atomic E-state index is 11.1. The molecular weight excluding hydrogens is 329 g/mol. The Labute approximate surface area is 147 Å². The number of aliphatic hydroxyl groups excluding tert-OH is 1. The van der Waals surface area contributed by atoms with E-state index in [2.05, 4.69) is 5.32 Å². The van der Waals surface area contributed by atoms with Crippen molar-refractivity contribution < 1.29 is 5.11 Å². The first-order valence-corrected chi connectivity index (χ1v) is 8.69. The summed E-state index contributed by atoms with van der Waals surface area (Å²) in [4.78, 5) is 0. The van der Waals surface area contributed by atoms with Crippen LogP contribution < -0.4 is 5.32 Å². The highest BCUT2D eigenvalue weighted by Gasteiger charge is 2.37. The molecule has 0 bridgehead atoms. The molecule has 122 valence electrons. The molecule has 0 spiro atoms. The second kappa shape index (κ2) is 6.82. The second-order valence-corrected chi connectivity index (χ2v) is 7.36. The van der Waals surface area contributed by atoms with Crippen LogP contribution in [0.25, 0.3) is 0 Å². The summed E-state index contributed by atoms with van der Waals surface area (Å²) >= 11 is 12.1. The average molecular weight is 350 g/mol. The molecule has 2 N–H and O–H groups in total. The molecule has 0 aliphatic heterocycles. The van der Waals surface area contributed by atoms with Gasteiger partial charge in [0.05, 0.1) is 5.54 Å². The van der Waals surface area contributed by atoms with Crippen LogP contribution in [0, 0.1) is 5.92 Å². The van der Waals surface area contributed by atoms with Crippen LogP contribution in [-0.4, -0.2) is 11.7 Å². The first kappa shape index (κ1) is 16.8. The van der Waals surface area contributed by atoms with Crippen LogP contribution in [0.5, 0.6) is 0 Å². The summed E-state index contributed by atoms with van der Waals surface area (Å²) in [6.07, 6.45) is 1.81. The van der Waals surface area contributed by atoms with E-state index in [1.807, 2.05) is 55.5 Å². The standard InChI is InChI=1S/C19H21Cl2NO/c1-19(22-12-13-5-6-13,15-7-9-16(20)10-8-15)18(23)14-3-2-4-17(21)11-14/h2-4,7-11,13,18,22-23H,5-6,12H2,1H3/t18-,19?/m0/s1. The number of aliphatic hydroxyl groups is 1. The molecule has 0 amide bonds. The van der Waals surface area contributed by atoms with Crippen molar-refractivity contribution in [1.82, 2.24) is 5.32 Å². The van der Waals surface area contributed by atoms with Crippen molar-refractivity contribution in [2.45, 2.75) is 31.4 Å². The molecule has 0 heterocycles. The Morgan fingerprint density at radius 2 is 1.83 bits per heavy atom. The van der Waals surface area contributed by atoms with Gasteiger partial charge in [0.15, 0.2) is 0 Å². The van der Waals surface area contributed by atoms with Crippen molar-refractivity contribution in [3.05, 3.63) is 69.7 Å². The van der Waals surface area contributed by atoms with Crippen LogP contribution >= 0.6 is 23.2 Å². The van der Waals surface area contributed by atoms with Gasteiger partial charge < -0.3 is 10.4 Å². The topological polar surface area (TPSA) is 32.3 Å². The number of nitrogens with one attached hydrogen (secondary N) is 1. The Bertz CT molecular complexity index is 669. The Morgan fingerprint density at radius 1 is 1.13 bits per heavy atom. The van der Waals surface area contributed by atoms with E-state index >= 15 is 0 Å². The van der Waals surface area contributed by atoms with E-state index in [1.165, 1.54) is 12.8 Å². The van der Waals surface area contributed by atoms with E-state index in [0.717, 1.165) is 17.7 Å². The first-order valence-electron chi connectivity index (χ1n) is 7.93. The van der Waals surface area contributed by atoms with Crippen molar-refractivity contribution in [1.29, 1.82) is 0 Å². The molecule has 4 heteroatoms. The minimum Gasteiger partial charge on any atom is -0.386 e. The lowest BCUT2D eigenvalue weighted by Crippen LogP contribution is -2.45. The predicted octanol–water partition coefficient (Wildman–Crippen LogP) is 4.94. The van der Waals surface area contributed by atoms with E-state index in [-0.39, 0.29) is 0 Å². The number of hydrogen-bond acceptors (Lipinski definition) is 2. The zero-order valence-electron chi connectivity index (χ0n) is 13.1. The molecule has 1 saturated carbocycles. The summed E-state index contributed by atoms with van der Waals surface area (Å²) in [6, 6.07) is 15.1. The van der Waals surface area contributed by atoms with Crippen LogP contribution in [0.3, 0.4) is 0 Å². The molecule has 23 heavy (non-hydrogen) atoms. The molecular formula is C19H21Cl2NO. The third-order valence-electron chi connectivity index (χ3n) is 4.61. The van der Waals surface area contributed by atoms with Gasteiger partial charge in [-0.1, -0.05) is 47.5 Å². The molecule has 1 aliphatic rings. The van der Waals surface area contributed by atoms with Gasteiger partial charge in [0.2, 0.25) is 0 Å². The first-order chi connectivity index (χ1) is 11.0. The number of halogens is 2. The van der Waals surface area contributed by atoms with Gasteiger partial charge in [0, 0.05) is 10.0 Å². The summed E-state index contributed by atoms with van der Waals surface area (Å²) < 4.78 is 0. The molecule has 1 aliphatic carbocycles. The smallest absolute Gasteiger partial charge is 0.101 e. The average Bonchev–Trinajstić information content (AvgIpc) is 3.37. The maximum absolute atomic E-state index is 11.1. The predicted molar refractivity (Wildman–Crippen MR) is 95.9 cm³/mol. The van der Waals surface area contributed by atoms with E-state index in [1.54, 1.807) is 0 Å². The highest BCUT2D eigenvalue weighted by Crippen LogP contribution is 2.38. The molecule has 2 nitrogen and oxygen atoms in total. The molecule has 0 aromatic heterocycles. The molecule has 3 rings (SSSR count). The van der Waals surface area contributed by atoms with Gasteiger partial charge in [-0.25, -0.2) is 0 Å². The normalized spacial score (nSPS) is 18.4.